The topological polar surface area (TPSA) is 95.1 Å². The van der Waals surface area contributed by atoms with Crippen LogP contribution in [0.15, 0.2) is 42.9 Å². The largest absolute Gasteiger partial charge is 0.479 e. The van der Waals surface area contributed by atoms with E-state index >= 15 is 0 Å². The molecule has 1 atom stereocenters. The Morgan fingerprint density at radius 3 is 2.56 bits per heavy atom. The van der Waals surface area contributed by atoms with Gasteiger partial charge in [0.1, 0.15) is 0 Å². The number of aliphatic carboxylic acids is 1. The molecule has 2 rings (SSSR count). The highest BCUT2D eigenvalue weighted by molar-refractivity contribution is 5.96. The summed E-state index contributed by atoms with van der Waals surface area (Å²) in [5.41, 5.74) is 0.732. The monoisotopic (exact) mass is 245 g/mol. The maximum absolute atomic E-state index is 11.8. The molecule has 1 amide bonds. The molecule has 1 aromatic heterocycles. The zero-order valence-corrected chi connectivity index (χ0v) is 9.33. The van der Waals surface area contributed by atoms with Gasteiger partial charge in [0.05, 0.1) is 18.2 Å². The van der Waals surface area contributed by atoms with E-state index in [2.05, 4.69) is 15.3 Å². The van der Waals surface area contributed by atoms with Crippen molar-refractivity contribution in [1.29, 1.82) is 0 Å². The number of nitrogens with one attached hydrogen (secondary N) is 2. The van der Waals surface area contributed by atoms with Gasteiger partial charge in [0.25, 0.3) is 5.91 Å². The number of amides is 1. The molecule has 0 radical (unpaired) electrons. The molecule has 0 saturated heterocycles. The van der Waals surface area contributed by atoms with Crippen LogP contribution in [-0.2, 0) is 4.79 Å². The molecule has 2 aromatic rings. The summed E-state index contributed by atoms with van der Waals surface area (Å²) in [6.45, 7) is 0. The van der Waals surface area contributed by atoms with E-state index in [1.165, 1.54) is 12.5 Å². The Kier molecular flexibility index (Phi) is 3.38. The van der Waals surface area contributed by atoms with Crippen LogP contribution in [0.4, 0.5) is 0 Å². The van der Waals surface area contributed by atoms with Crippen molar-refractivity contribution >= 4 is 11.9 Å². The maximum atomic E-state index is 11.8. The van der Waals surface area contributed by atoms with E-state index in [1.807, 2.05) is 0 Å². The third-order valence-corrected chi connectivity index (χ3v) is 2.39. The normalized spacial score (nSPS) is 11.8. The summed E-state index contributed by atoms with van der Waals surface area (Å²) < 4.78 is 0. The lowest BCUT2D eigenvalue weighted by molar-refractivity contribution is -0.139. The van der Waals surface area contributed by atoms with E-state index in [0.717, 1.165) is 0 Å². The summed E-state index contributed by atoms with van der Waals surface area (Å²) in [5, 5.41) is 11.5. The zero-order chi connectivity index (χ0) is 13.0. The van der Waals surface area contributed by atoms with E-state index in [1.54, 1.807) is 30.3 Å². The van der Waals surface area contributed by atoms with Gasteiger partial charge < -0.3 is 15.4 Å². The minimum Gasteiger partial charge on any atom is -0.479 e. The molecule has 0 saturated carbocycles. The van der Waals surface area contributed by atoms with Crippen LogP contribution in [0.5, 0.6) is 0 Å². The molecule has 0 fully saturated rings. The fraction of sp³-hybridized carbons (Fsp3) is 0.0833. The van der Waals surface area contributed by atoms with Crippen LogP contribution in [0.25, 0.3) is 0 Å². The number of carbonyl (C=O) groups excluding carboxylic acids is 1. The number of aromatic nitrogens is 2. The lowest BCUT2D eigenvalue weighted by Crippen LogP contribution is -2.33. The SMILES string of the molecule is O=C(NC(C(=O)O)c1cnc[nH]1)c1ccccc1. The summed E-state index contributed by atoms with van der Waals surface area (Å²) in [4.78, 5) is 29.4. The van der Waals surface area contributed by atoms with Crippen molar-refractivity contribution in [3.63, 3.8) is 0 Å². The molecule has 1 aromatic carbocycles. The van der Waals surface area contributed by atoms with Crippen LogP contribution in [0.1, 0.15) is 22.1 Å². The second-order valence-corrected chi connectivity index (χ2v) is 3.62. The van der Waals surface area contributed by atoms with Crippen LogP contribution >= 0.6 is 0 Å². The van der Waals surface area contributed by atoms with Gasteiger partial charge in [-0.05, 0) is 12.1 Å². The highest BCUT2D eigenvalue weighted by atomic mass is 16.4. The van der Waals surface area contributed by atoms with Crippen molar-refractivity contribution < 1.29 is 14.7 Å². The van der Waals surface area contributed by atoms with Gasteiger partial charge in [0, 0.05) is 5.56 Å². The molecule has 0 aliphatic heterocycles. The van der Waals surface area contributed by atoms with Crippen molar-refractivity contribution in [3.8, 4) is 0 Å². The molecular formula is C12H11N3O3. The number of rotatable bonds is 4. The van der Waals surface area contributed by atoms with Gasteiger partial charge in [-0.3, -0.25) is 4.79 Å². The first kappa shape index (κ1) is 11.8. The van der Waals surface area contributed by atoms with Gasteiger partial charge in [0.15, 0.2) is 6.04 Å². The molecule has 18 heavy (non-hydrogen) atoms. The van der Waals surface area contributed by atoms with Gasteiger partial charge in [0.2, 0.25) is 0 Å². The van der Waals surface area contributed by atoms with E-state index in [9.17, 15) is 9.59 Å². The summed E-state index contributed by atoms with van der Waals surface area (Å²) >= 11 is 0. The summed E-state index contributed by atoms with van der Waals surface area (Å²) in [7, 11) is 0. The van der Waals surface area contributed by atoms with Gasteiger partial charge in [-0.15, -0.1) is 0 Å². The number of hydrogen-bond acceptors (Lipinski definition) is 3. The molecule has 0 spiro atoms. The number of benzene rings is 1. The fourth-order valence-electron chi connectivity index (χ4n) is 1.50. The molecule has 1 heterocycles. The molecular weight excluding hydrogens is 234 g/mol. The predicted octanol–water partition coefficient (Wildman–Crippen LogP) is 0.965. The molecule has 0 aliphatic carbocycles. The van der Waals surface area contributed by atoms with Crippen molar-refractivity contribution in [2.45, 2.75) is 6.04 Å². The first-order valence-electron chi connectivity index (χ1n) is 5.25. The van der Waals surface area contributed by atoms with Crippen molar-refractivity contribution in [1.82, 2.24) is 15.3 Å². The molecule has 0 aliphatic rings. The first-order valence-corrected chi connectivity index (χ1v) is 5.25. The van der Waals surface area contributed by atoms with Crippen molar-refractivity contribution in [2.24, 2.45) is 0 Å². The number of carbonyl (C=O) groups is 2. The van der Waals surface area contributed by atoms with Gasteiger partial charge in [-0.25, -0.2) is 9.78 Å². The van der Waals surface area contributed by atoms with Crippen molar-refractivity contribution in [3.05, 3.63) is 54.1 Å². The number of H-pyrrole nitrogens is 1. The van der Waals surface area contributed by atoms with E-state index < -0.39 is 17.9 Å². The van der Waals surface area contributed by atoms with E-state index in [4.69, 9.17) is 5.11 Å². The number of nitrogens with zero attached hydrogens (tertiary/aromatic N) is 1. The van der Waals surface area contributed by atoms with Crippen LogP contribution in [0.3, 0.4) is 0 Å². The van der Waals surface area contributed by atoms with Crippen LogP contribution in [0.2, 0.25) is 0 Å². The Balaban J connectivity index is 2.16. The second kappa shape index (κ2) is 5.13. The summed E-state index contributed by atoms with van der Waals surface area (Å²) in [6, 6.07) is 7.28. The summed E-state index contributed by atoms with van der Waals surface area (Å²) in [5.74, 6) is -1.60. The lowest BCUT2D eigenvalue weighted by Gasteiger charge is -2.12. The zero-order valence-electron chi connectivity index (χ0n) is 9.33. The molecule has 6 nitrogen and oxygen atoms in total. The number of hydrogen-bond donors (Lipinski definition) is 3. The Hall–Kier alpha value is -2.63. The molecule has 1 unspecified atom stereocenters. The average molecular weight is 245 g/mol. The van der Waals surface area contributed by atoms with Gasteiger partial charge in [-0.2, -0.15) is 0 Å². The number of carboxylic acid groups (broad SMARTS) is 1. The Labute approximate surface area is 103 Å². The molecule has 0 bridgehead atoms. The minimum atomic E-state index is -1.15. The standard InChI is InChI=1S/C12H11N3O3/c16-11(8-4-2-1-3-5-8)15-10(12(17)18)9-6-13-7-14-9/h1-7,10H,(H,13,14)(H,15,16)(H,17,18). The Morgan fingerprint density at radius 2 is 2.00 bits per heavy atom. The average Bonchev–Trinajstić information content (AvgIpc) is 2.90. The summed E-state index contributed by atoms with van der Waals surface area (Å²) in [6.07, 6.45) is 2.73. The second-order valence-electron chi connectivity index (χ2n) is 3.62. The third kappa shape index (κ3) is 2.54. The maximum Gasteiger partial charge on any atom is 0.332 e. The van der Waals surface area contributed by atoms with Crippen LogP contribution in [0, 0.1) is 0 Å². The quantitative estimate of drug-likeness (QED) is 0.747. The fourth-order valence-corrected chi connectivity index (χ4v) is 1.50. The first-order chi connectivity index (χ1) is 8.68. The number of carboxylic acids is 1. The van der Waals surface area contributed by atoms with Crippen molar-refractivity contribution in [2.75, 3.05) is 0 Å². The molecule has 3 N–H and O–H groups in total. The predicted molar refractivity (Wildman–Crippen MR) is 62.9 cm³/mol. The third-order valence-electron chi connectivity index (χ3n) is 2.39. The Bertz CT molecular complexity index is 537. The number of aromatic amines is 1. The lowest BCUT2D eigenvalue weighted by atomic mass is 10.1. The van der Waals surface area contributed by atoms with Crippen LogP contribution in [-0.4, -0.2) is 27.0 Å². The van der Waals surface area contributed by atoms with E-state index in [0.29, 0.717) is 11.3 Å². The number of imidazole rings is 1. The van der Waals surface area contributed by atoms with Crippen LogP contribution < -0.4 is 5.32 Å². The highest BCUT2D eigenvalue weighted by Crippen LogP contribution is 2.10. The smallest absolute Gasteiger partial charge is 0.332 e. The van der Waals surface area contributed by atoms with Gasteiger partial charge >= 0.3 is 5.97 Å². The van der Waals surface area contributed by atoms with Gasteiger partial charge in [-0.1, -0.05) is 18.2 Å². The van der Waals surface area contributed by atoms with E-state index in [-0.39, 0.29) is 0 Å². The Morgan fingerprint density at radius 1 is 1.28 bits per heavy atom. The minimum absolute atomic E-state index is 0.326. The molecule has 92 valence electrons. The molecule has 6 heteroatoms. The highest BCUT2D eigenvalue weighted by Gasteiger charge is 2.23.